The quantitative estimate of drug-likeness (QED) is 0.411. The monoisotopic (exact) mass is 224 g/mol. The number of H-pyrrole nitrogens is 1. The number of aromatic amines is 1. The first-order chi connectivity index (χ1) is 7.74. The average molecular weight is 224 g/mol. The lowest BCUT2D eigenvalue weighted by Crippen LogP contribution is -2.26. The van der Waals surface area contributed by atoms with Crippen molar-refractivity contribution in [2.75, 3.05) is 13.2 Å². The van der Waals surface area contributed by atoms with E-state index in [1.54, 1.807) is 0 Å². The van der Waals surface area contributed by atoms with Gasteiger partial charge in [0.15, 0.2) is 0 Å². The molecule has 0 aromatic carbocycles. The van der Waals surface area contributed by atoms with Crippen molar-refractivity contribution < 1.29 is 14.4 Å². The van der Waals surface area contributed by atoms with Gasteiger partial charge in [-0.2, -0.15) is 0 Å². The van der Waals surface area contributed by atoms with Gasteiger partial charge in [0.1, 0.15) is 13.2 Å². The molecule has 0 atom stereocenters. The van der Waals surface area contributed by atoms with Crippen LogP contribution in [0.4, 0.5) is 0 Å². The summed E-state index contributed by atoms with van der Waals surface area (Å²) in [5, 5.41) is 0. The minimum absolute atomic E-state index is 0.209. The fourth-order valence-corrected chi connectivity index (χ4v) is 0.900. The highest BCUT2D eigenvalue weighted by molar-refractivity contribution is 5.92. The molecule has 6 nitrogen and oxygen atoms in total. The summed E-state index contributed by atoms with van der Waals surface area (Å²) in [6, 6.07) is 2.66. The third-order valence-electron chi connectivity index (χ3n) is 1.63. The highest BCUT2D eigenvalue weighted by Crippen LogP contribution is 1.92. The minimum atomic E-state index is -0.435. The predicted octanol–water partition coefficient (Wildman–Crippen LogP) is 0.196. The number of carbonyl (C=O) groups excluding carboxylic acids is 1. The second kappa shape index (κ2) is 6.41. The zero-order valence-corrected chi connectivity index (χ0v) is 8.56. The Morgan fingerprint density at radius 2 is 2.31 bits per heavy atom. The second-order valence-electron chi connectivity index (χ2n) is 2.76. The Bertz CT molecular complexity index is 393. The molecule has 0 fully saturated rings. The van der Waals surface area contributed by atoms with Crippen LogP contribution < -0.4 is 11.0 Å². The van der Waals surface area contributed by atoms with E-state index in [-0.39, 0.29) is 12.2 Å². The van der Waals surface area contributed by atoms with Gasteiger partial charge in [0.2, 0.25) is 5.56 Å². The van der Waals surface area contributed by atoms with Gasteiger partial charge in [-0.05, 0) is 6.07 Å². The van der Waals surface area contributed by atoms with E-state index >= 15 is 0 Å². The minimum Gasteiger partial charge on any atom is -0.499 e. The molecule has 16 heavy (non-hydrogen) atoms. The fraction of sp³-hybridized carbons (Fsp3) is 0.200. The first-order valence-corrected chi connectivity index (χ1v) is 4.57. The van der Waals surface area contributed by atoms with Gasteiger partial charge < -0.3 is 9.72 Å². The van der Waals surface area contributed by atoms with Gasteiger partial charge in [0, 0.05) is 12.3 Å². The third kappa shape index (κ3) is 3.97. The van der Waals surface area contributed by atoms with Crippen LogP contribution in [0.5, 0.6) is 0 Å². The molecule has 86 valence electrons. The summed E-state index contributed by atoms with van der Waals surface area (Å²) >= 11 is 0. The summed E-state index contributed by atoms with van der Waals surface area (Å²) in [5.41, 5.74) is 2.24. The number of aromatic nitrogens is 1. The molecule has 0 radical (unpaired) electrons. The van der Waals surface area contributed by atoms with Gasteiger partial charge >= 0.3 is 0 Å². The SMILES string of the molecule is C=COCCONC(=O)c1ccc(=O)[nH]c1. The van der Waals surface area contributed by atoms with Crippen LogP contribution in [-0.4, -0.2) is 24.1 Å². The van der Waals surface area contributed by atoms with Crippen LogP contribution in [0.25, 0.3) is 0 Å². The normalized spacial score (nSPS) is 9.50. The number of amides is 1. The number of pyridine rings is 1. The Balaban J connectivity index is 2.32. The van der Waals surface area contributed by atoms with E-state index in [1.807, 2.05) is 0 Å². The van der Waals surface area contributed by atoms with Crippen LogP contribution in [0.15, 0.2) is 36.0 Å². The van der Waals surface area contributed by atoms with Crippen LogP contribution in [0, 0.1) is 0 Å². The van der Waals surface area contributed by atoms with Crippen molar-refractivity contribution in [2.45, 2.75) is 0 Å². The van der Waals surface area contributed by atoms with Crippen molar-refractivity contribution in [3.63, 3.8) is 0 Å². The second-order valence-corrected chi connectivity index (χ2v) is 2.76. The maximum atomic E-state index is 11.4. The Labute approximate surface area is 91.8 Å². The Hall–Kier alpha value is -2.08. The highest BCUT2D eigenvalue weighted by atomic mass is 16.7. The number of ether oxygens (including phenoxy) is 1. The molecular weight excluding hydrogens is 212 g/mol. The molecule has 1 amide bonds. The fourth-order valence-electron chi connectivity index (χ4n) is 0.900. The van der Waals surface area contributed by atoms with Crippen molar-refractivity contribution in [2.24, 2.45) is 0 Å². The number of hydrogen-bond acceptors (Lipinski definition) is 4. The van der Waals surface area contributed by atoms with Crippen molar-refractivity contribution >= 4 is 5.91 Å². The Kier molecular flexibility index (Phi) is 4.81. The summed E-state index contributed by atoms with van der Waals surface area (Å²) in [6.45, 7) is 3.86. The van der Waals surface area contributed by atoms with E-state index in [2.05, 4.69) is 17.0 Å². The number of carbonyl (C=O) groups is 1. The van der Waals surface area contributed by atoms with E-state index in [4.69, 9.17) is 9.57 Å². The molecule has 0 aliphatic rings. The lowest BCUT2D eigenvalue weighted by molar-refractivity contribution is 0.0144. The Morgan fingerprint density at radius 1 is 1.50 bits per heavy atom. The maximum Gasteiger partial charge on any atom is 0.276 e. The summed E-state index contributed by atoms with van der Waals surface area (Å²) in [6.07, 6.45) is 2.59. The molecule has 0 spiro atoms. The summed E-state index contributed by atoms with van der Waals surface area (Å²) in [4.78, 5) is 29.3. The van der Waals surface area contributed by atoms with Crippen molar-refractivity contribution in [1.29, 1.82) is 0 Å². The molecule has 0 saturated heterocycles. The molecule has 0 saturated carbocycles. The van der Waals surface area contributed by atoms with Crippen LogP contribution in [-0.2, 0) is 9.57 Å². The highest BCUT2D eigenvalue weighted by Gasteiger charge is 2.04. The average Bonchev–Trinajstić information content (AvgIpc) is 2.29. The summed E-state index contributed by atoms with van der Waals surface area (Å²) in [5.74, 6) is -0.435. The van der Waals surface area contributed by atoms with Crippen LogP contribution in [0.1, 0.15) is 10.4 Å². The maximum absolute atomic E-state index is 11.4. The van der Waals surface area contributed by atoms with Gasteiger partial charge in [-0.15, -0.1) is 0 Å². The van der Waals surface area contributed by atoms with Crippen molar-refractivity contribution in [1.82, 2.24) is 10.5 Å². The molecule has 1 heterocycles. The molecule has 0 bridgehead atoms. The molecule has 2 N–H and O–H groups in total. The molecular formula is C10H12N2O4. The van der Waals surface area contributed by atoms with Crippen LogP contribution >= 0.6 is 0 Å². The molecule has 0 aliphatic heterocycles. The van der Waals surface area contributed by atoms with E-state index in [9.17, 15) is 9.59 Å². The van der Waals surface area contributed by atoms with Gasteiger partial charge in [0.25, 0.3) is 5.91 Å². The largest absolute Gasteiger partial charge is 0.499 e. The zero-order chi connectivity index (χ0) is 11.8. The molecule has 0 aliphatic carbocycles. The predicted molar refractivity (Wildman–Crippen MR) is 56.6 cm³/mol. The van der Waals surface area contributed by atoms with Gasteiger partial charge in [-0.1, -0.05) is 6.58 Å². The summed E-state index contributed by atoms with van der Waals surface area (Å²) < 4.78 is 4.78. The molecule has 0 unspecified atom stereocenters. The van der Waals surface area contributed by atoms with E-state index in [1.165, 1.54) is 24.6 Å². The topological polar surface area (TPSA) is 80.4 Å². The molecule has 1 aromatic heterocycles. The number of hydroxylamine groups is 1. The van der Waals surface area contributed by atoms with E-state index in [0.717, 1.165) is 0 Å². The molecule has 6 heteroatoms. The van der Waals surface area contributed by atoms with E-state index < -0.39 is 5.91 Å². The first kappa shape index (κ1) is 12.0. The molecule has 1 aromatic rings. The van der Waals surface area contributed by atoms with Gasteiger partial charge in [-0.25, -0.2) is 5.48 Å². The Morgan fingerprint density at radius 3 is 2.94 bits per heavy atom. The summed E-state index contributed by atoms with van der Waals surface area (Å²) in [7, 11) is 0. The first-order valence-electron chi connectivity index (χ1n) is 4.57. The zero-order valence-electron chi connectivity index (χ0n) is 8.56. The van der Waals surface area contributed by atoms with Crippen molar-refractivity contribution in [3.8, 4) is 0 Å². The lowest BCUT2D eigenvalue weighted by Gasteiger charge is -2.05. The smallest absolute Gasteiger partial charge is 0.276 e. The third-order valence-corrected chi connectivity index (χ3v) is 1.63. The van der Waals surface area contributed by atoms with Crippen LogP contribution in [0.2, 0.25) is 0 Å². The van der Waals surface area contributed by atoms with Gasteiger partial charge in [-0.3, -0.25) is 14.4 Å². The van der Waals surface area contributed by atoms with E-state index in [0.29, 0.717) is 12.2 Å². The number of rotatable bonds is 6. The van der Waals surface area contributed by atoms with Crippen molar-refractivity contribution in [3.05, 3.63) is 47.1 Å². The standard InChI is InChI=1S/C10H12N2O4/c1-2-15-5-6-16-12-10(14)8-3-4-9(13)11-7-8/h2-4,7H,1,5-6H2,(H,11,13)(H,12,14). The van der Waals surface area contributed by atoms with Gasteiger partial charge in [0.05, 0.1) is 11.8 Å². The van der Waals surface area contributed by atoms with Crippen LogP contribution in [0.3, 0.4) is 0 Å². The molecule has 1 rings (SSSR count). The lowest BCUT2D eigenvalue weighted by atomic mass is 10.3. The number of hydrogen-bond donors (Lipinski definition) is 2. The number of nitrogens with one attached hydrogen (secondary N) is 2.